The summed E-state index contributed by atoms with van der Waals surface area (Å²) in [5.41, 5.74) is 0.745. The van der Waals surface area contributed by atoms with Gasteiger partial charge in [0, 0.05) is 18.7 Å². The van der Waals surface area contributed by atoms with Crippen molar-refractivity contribution in [3.63, 3.8) is 0 Å². The summed E-state index contributed by atoms with van der Waals surface area (Å²) >= 11 is 11.9. The Morgan fingerprint density at radius 3 is 2.86 bits per heavy atom. The molecule has 1 N–H and O–H groups in total. The van der Waals surface area contributed by atoms with Crippen LogP contribution in [0.25, 0.3) is 11.5 Å². The zero-order valence-electron chi connectivity index (χ0n) is 12.2. The van der Waals surface area contributed by atoms with Gasteiger partial charge < -0.3 is 9.52 Å². The maximum absolute atomic E-state index is 9.24. The van der Waals surface area contributed by atoms with E-state index >= 15 is 0 Å². The third-order valence-corrected chi connectivity index (χ3v) is 4.83. The fourth-order valence-electron chi connectivity index (χ4n) is 2.67. The topological polar surface area (TPSA) is 62.4 Å². The zero-order valence-corrected chi connectivity index (χ0v) is 13.7. The maximum Gasteiger partial charge on any atom is 0.247 e. The summed E-state index contributed by atoms with van der Waals surface area (Å²) in [6, 6.07) is 5.25. The third kappa shape index (κ3) is 3.13. The van der Waals surface area contributed by atoms with E-state index in [4.69, 9.17) is 27.6 Å². The number of benzene rings is 1. The van der Waals surface area contributed by atoms with Gasteiger partial charge in [-0.3, -0.25) is 4.90 Å². The second-order valence-corrected chi connectivity index (χ2v) is 6.40. The van der Waals surface area contributed by atoms with E-state index in [9.17, 15) is 5.11 Å². The van der Waals surface area contributed by atoms with Crippen molar-refractivity contribution in [3.8, 4) is 11.5 Å². The molecule has 0 radical (unpaired) electrons. The van der Waals surface area contributed by atoms with E-state index in [-0.39, 0.29) is 12.6 Å². The van der Waals surface area contributed by atoms with Crippen molar-refractivity contribution in [2.45, 2.75) is 19.4 Å². The number of nitrogens with zero attached hydrogens (tertiary/aromatic N) is 3. The highest BCUT2D eigenvalue weighted by Gasteiger charge is 2.29. The highest BCUT2D eigenvalue weighted by atomic mass is 35.5. The van der Waals surface area contributed by atoms with Gasteiger partial charge in [0.05, 0.1) is 16.1 Å². The van der Waals surface area contributed by atoms with E-state index in [0.29, 0.717) is 27.7 Å². The number of rotatable bonds is 4. The molecule has 0 spiro atoms. The molecule has 0 amide bonds. The van der Waals surface area contributed by atoms with Crippen LogP contribution < -0.4 is 0 Å². The van der Waals surface area contributed by atoms with Crippen LogP contribution in [0.2, 0.25) is 10.0 Å². The van der Waals surface area contributed by atoms with Crippen molar-refractivity contribution < 1.29 is 9.52 Å². The minimum atomic E-state index is 0.0283. The predicted molar refractivity (Wildman–Crippen MR) is 84.9 cm³/mol. The number of aliphatic hydroxyl groups is 1. The van der Waals surface area contributed by atoms with Crippen LogP contribution in [0.3, 0.4) is 0 Å². The maximum atomic E-state index is 9.24. The molecule has 1 aromatic carbocycles. The summed E-state index contributed by atoms with van der Waals surface area (Å²) in [6.07, 6.45) is 0.995. The molecule has 5 nitrogen and oxygen atoms in total. The minimum Gasteiger partial charge on any atom is -0.419 e. The Labute approximate surface area is 138 Å². The monoisotopic (exact) mass is 341 g/mol. The highest BCUT2D eigenvalue weighted by molar-refractivity contribution is 6.42. The van der Waals surface area contributed by atoms with E-state index in [1.54, 1.807) is 18.2 Å². The molecular formula is C15H17Cl2N3O2. The van der Waals surface area contributed by atoms with Gasteiger partial charge in [0.25, 0.3) is 0 Å². The molecule has 1 aliphatic heterocycles. The molecule has 2 heterocycles. The molecule has 1 saturated heterocycles. The van der Waals surface area contributed by atoms with Crippen LogP contribution >= 0.6 is 23.2 Å². The van der Waals surface area contributed by atoms with Crippen LogP contribution in [0.5, 0.6) is 0 Å². The Morgan fingerprint density at radius 2 is 2.18 bits per heavy atom. The van der Waals surface area contributed by atoms with Crippen molar-refractivity contribution in [1.29, 1.82) is 0 Å². The number of hydrogen-bond acceptors (Lipinski definition) is 5. The average Bonchev–Trinajstić information content (AvgIpc) is 3.18. The van der Waals surface area contributed by atoms with Crippen molar-refractivity contribution in [3.05, 3.63) is 34.1 Å². The van der Waals surface area contributed by atoms with Crippen molar-refractivity contribution in [2.75, 3.05) is 19.7 Å². The lowest BCUT2D eigenvalue weighted by molar-refractivity contribution is 0.190. The minimum absolute atomic E-state index is 0.0283. The van der Waals surface area contributed by atoms with Crippen molar-refractivity contribution >= 4 is 23.2 Å². The quantitative estimate of drug-likeness (QED) is 0.922. The van der Waals surface area contributed by atoms with Gasteiger partial charge in [-0.1, -0.05) is 23.2 Å². The summed E-state index contributed by atoms with van der Waals surface area (Å²) in [5, 5.41) is 18.4. The highest BCUT2D eigenvalue weighted by Crippen LogP contribution is 2.31. The Morgan fingerprint density at radius 1 is 1.36 bits per heavy atom. The molecule has 0 saturated carbocycles. The second kappa shape index (κ2) is 6.54. The predicted octanol–water partition coefficient (Wildman–Crippen LogP) is 3.42. The van der Waals surface area contributed by atoms with Gasteiger partial charge in [-0.2, -0.15) is 0 Å². The molecular weight excluding hydrogens is 325 g/mol. The first-order valence-electron chi connectivity index (χ1n) is 7.22. The molecule has 7 heteroatoms. The molecule has 1 aliphatic rings. The standard InChI is InChI=1S/C15H17Cl2N3O2/c1-9(20-5-4-10(7-20)8-21)14-18-19-15(22-14)11-2-3-12(16)13(17)6-11/h2-3,6,9-10,21H,4-5,7-8H2,1H3. The first-order chi connectivity index (χ1) is 10.6. The Balaban J connectivity index is 1.77. The van der Waals surface area contributed by atoms with Crippen LogP contribution in [0.15, 0.2) is 22.6 Å². The number of likely N-dealkylation sites (tertiary alicyclic amines) is 1. The summed E-state index contributed by atoms with van der Waals surface area (Å²) in [5.74, 6) is 1.33. The first kappa shape index (κ1) is 15.7. The Hall–Kier alpha value is -1.14. The molecule has 0 bridgehead atoms. The molecule has 3 rings (SSSR count). The summed E-state index contributed by atoms with van der Waals surface area (Å²) in [6.45, 7) is 4.03. The average molecular weight is 342 g/mol. The fraction of sp³-hybridized carbons (Fsp3) is 0.467. The lowest BCUT2D eigenvalue weighted by atomic mass is 10.1. The molecule has 1 aromatic heterocycles. The molecule has 2 unspecified atom stereocenters. The van der Waals surface area contributed by atoms with E-state index < -0.39 is 0 Å². The van der Waals surface area contributed by atoms with E-state index in [1.807, 2.05) is 6.92 Å². The Kier molecular flexibility index (Phi) is 4.68. The van der Waals surface area contributed by atoms with Crippen LogP contribution in [0.4, 0.5) is 0 Å². The van der Waals surface area contributed by atoms with E-state index in [2.05, 4.69) is 15.1 Å². The molecule has 22 heavy (non-hydrogen) atoms. The zero-order chi connectivity index (χ0) is 15.7. The number of hydrogen-bond donors (Lipinski definition) is 1. The first-order valence-corrected chi connectivity index (χ1v) is 7.98. The van der Waals surface area contributed by atoms with Gasteiger partial charge in [0.15, 0.2) is 0 Å². The van der Waals surface area contributed by atoms with Crippen molar-refractivity contribution in [1.82, 2.24) is 15.1 Å². The summed E-state index contributed by atoms with van der Waals surface area (Å²) in [4.78, 5) is 2.24. The van der Waals surface area contributed by atoms with Crippen LogP contribution in [-0.4, -0.2) is 39.9 Å². The summed E-state index contributed by atoms with van der Waals surface area (Å²) < 4.78 is 5.78. The summed E-state index contributed by atoms with van der Waals surface area (Å²) in [7, 11) is 0. The van der Waals surface area contributed by atoms with Gasteiger partial charge in [-0.25, -0.2) is 0 Å². The van der Waals surface area contributed by atoms with Crippen LogP contribution in [0, 0.1) is 5.92 Å². The number of aliphatic hydroxyl groups excluding tert-OH is 1. The molecule has 1 fully saturated rings. The van der Waals surface area contributed by atoms with E-state index in [0.717, 1.165) is 25.1 Å². The van der Waals surface area contributed by atoms with E-state index in [1.165, 1.54) is 0 Å². The molecule has 2 atom stereocenters. The second-order valence-electron chi connectivity index (χ2n) is 5.58. The smallest absolute Gasteiger partial charge is 0.247 e. The van der Waals surface area contributed by atoms with Gasteiger partial charge in [-0.05, 0) is 44.0 Å². The number of aromatic nitrogens is 2. The lowest BCUT2D eigenvalue weighted by Gasteiger charge is -2.20. The molecule has 2 aromatic rings. The fourth-order valence-corrected chi connectivity index (χ4v) is 2.97. The SMILES string of the molecule is CC(c1nnc(-c2ccc(Cl)c(Cl)c2)o1)N1CCC(CO)C1. The van der Waals surface area contributed by atoms with Crippen LogP contribution in [-0.2, 0) is 0 Å². The molecule has 0 aliphatic carbocycles. The molecule has 118 valence electrons. The van der Waals surface area contributed by atoms with Gasteiger partial charge >= 0.3 is 0 Å². The largest absolute Gasteiger partial charge is 0.419 e. The van der Waals surface area contributed by atoms with Gasteiger partial charge in [0.2, 0.25) is 11.8 Å². The lowest BCUT2D eigenvalue weighted by Crippen LogP contribution is -2.25. The van der Waals surface area contributed by atoms with Gasteiger partial charge in [-0.15, -0.1) is 10.2 Å². The van der Waals surface area contributed by atoms with Crippen LogP contribution in [0.1, 0.15) is 25.3 Å². The van der Waals surface area contributed by atoms with Crippen molar-refractivity contribution in [2.24, 2.45) is 5.92 Å². The third-order valence-electron chi connectivity index (χ3n) is 4.09. The van der Waals surface area contributed by atoms with Gasteiger partial charge in [0.1, 0.15) is 0 Å². The normalized spacial score (nSPS) is 20.5. The number of halogens is 2. The Bertz CT molecular complexity index is 662.